The van der Waals surface area contributed by atoms with Gasteiger partial charge in [-0.1, -0.05) is 38.1 Å². The van der Waals surface area contributed by atoms with Crippen molar-refractivity contribution in [3.63, 3.8) is 0 Å². The highest BCUT2D eigenvalue weighted by atomic mass is 16.5. The number of methoxy groups -OCH3 is 2. The molecule has 0 saturated heterocycles. The Balaban J connectivity index is 1.09. The molecule has 16 nitrogen and oxygen atoms in total. The van der Waals surface area contributed by atoms with Gasteiger partial charge in [-0.05, 0) is 49.2 Å². The molecule has 2 aliphatic rings. The minimum atomic E-state index is -0.460. The number of ether oxygens (including phenoxy) is 4. The fraction of sp³-hybridized carbons (Fsp3) is 0.500. The third kappa shape index (κ3) is 7.67. The van der Waals surface area contributed by atoms with E-state index >= 15 is 0 Å². The van der Waals surface area contributed by atoms with Gasteiger partial charge in [0.2, 0.25) is 11.8 Å². The number of benzene rings is 2. The number of carbonyl (C=O) groups excluding carboxylic acids is 4. The maximum atomic E-state index is 12.8. The molecule has 2 aliphatic heterocycles. The predicted octanol–water partition coefficient (Wildman–Crippen LogP) is 4.92. The van der Waals surface area contributed by atoms with Gasteiger partial charge in [-0.25, -0.2) is 19.0 Å². The van der Waals surface area contributed by atoms with Crippen LogP contribution in [0, 0.1) is 11.8 Å². The van der Waals surface area contributed by atoms with E-state index in [1.165, 1.54) is 14.2 Å². The van der Waals surface area contributed by atoms with Gasteiger partial charge in [-0.3, -0.25) is 9.59 Å². The van der Waals surface area contributed by atoms with E-state index in [9.17, 15) is 19.2 Å². The molecule has 0 bridgehead atoms. The van der Waals surface area contributed by atoms with Crippen molar-refractivity contribution in [1.29, 1.82) is 0 Å². The van der Waals surface area contributed by atoms with Crippen LogP contribution >= 0.6 is 0 Å². The molecule has 2 unspecified atom stereocenters. The Bertz CT molecular complexity index is 1930. The lowest BCUT2D eigenvalue weighted by Crippen LogP contribution is -2.49. The number of hydrogen-bond donors (Lipinski definition) is 0. The summed E-state index contributed by atoms with van der Waals surface area (Å²) < 4.78 is 25.3. The molecule has 0 spiro atoms. The van der Waals surface area contributed by atoms with Gasteiger partial charge in [-0.15, -0.1) is 10.2 Å². The van der Waals surface area contributed by atoms with Crippen molar-refractivity contribution in [1.82, 2.24) is 30.0 Å². The Morgan fingerprint density at radius 1 is 0.643 bits per heavy atom. The van der Waals surface area contributed by atoms with E-state index in [0.29, 0.717) is 35.7 Å². The van der Waals surface area contributed by atoms with Crippen molar-refractivity contribution >= 4 is 35.1 Å². The average molecular weight is 771 g/mol. The summed E-state index contributed by atoms with van der Waals surface area (Å²) in [6, 6.07) is 9.78. The quantitative estimate of drug-likeness (QED) is 0.133. The number of hydrogen-bond acceptors (Lipinski definition) is 12. The summed E-state index contributed by atoms with van der Waals surface area (Å²) in [5.41, 5.74) is 5.09. The van der Waals surface area contributed by atoms with Crippen LogP contribution < -0.4 is 9.80 Å². The molecule has 0 aliphatic carbocycles. The van der Waals surface area contributed by atoms with E-state index in [-0.39, 0.29) is 61.0 Å². The molecule has 6 rings (SSSR count). The van der Waals surface area contributed by atoms with Gasteiger partial charge in [-0.2, -0.15) is 0 Å². The van der Waals surface area contributed by atoms with Crippen LogP contribution in [0.5, 0.6) is 0 Å². The molecular formula is C40H50N8O8. The van der Waals surface area contributed by atoms with E-state index < -0.39 is 11.9 Å². The molecule has 0 radical (unpaired) electrons. The number of carbonyl (C=O) groups is 4. The second-order valence-corrected chi connectivity index (χ2v) is 14.4. The zero-order valence-corrected chi connectivity index (χ0v) is 33.2. The van der Waals surface area contributed by atoms with Crippen LogP contribution in [0.15, 0.2) is 48.8 Å². The molecular weight excluding hydrogens is 720 g/mol. The highest BCUT2D eigenvalue weighted by Gasteiger charge is 2.43. The van der Waals surface area contributed by atoms with Gasteiger partial charge >= 0.3 is 11.9 Å². The molecule has 0 saturated carbocycles. The van der Waals surface area contributed by atoms with Gasteiger partial charge < -0.3 is 28.7 Å². The molecule has 56 heavy (non-hydrogen) atoms. The normalized spacial score (nSPS) is 21.6. The zero-order valence-electron chi connectivity index (χ0n) is 33.2. The van der Waals surface area contributed by atoms with E-state index in [0.717, 1.165) is 35.3 Å². The van der Waals surface area contributed by atoms with Gasteiger partial charge in [0.15, 0.2) is 0 Å². The fourth-order valence-corrected chi connectivity index (χ4v) is 8.51. The lowest BCUT2D eigenvalue weighted by Gasteiger charge is -2.44. The molecule has 4 heterocycles. The van der Waals surface area contributed by atoms with Crippen LogP contribution in [-0.4, -0.2) is 93.3 Å². The van der Waals surface area contributed by atoms with E-state index in [2.05, 4.69) is 48.3 Å². The standard InChI is InChI=1S/C40H50N8O8/c1-9-33-23(3)37(31-17-27(39(51)53-7)11-13-35(31)47(33)25(5)49)45-19-29(41-43-45)21-55-15-16-56-22-30-20-46(44-42-30)38-24(4)34(10-2)48(26(6)50)36-14-12-28(18-32(36)38)40(52)54-8/h11-14,17-20,23-24,33-34,37-38H,9-10,15-16,21-22H2,1-8H3/t23-,24-,33+,34+,37?,38?/m1/s1. The zero-order chi connectivity index (χ0) is 40.3. The summed E-state index contributed by atoms with van der Waals surface area (Å²) in [5.74, 6) is -1.13. The van der Waals surface area contributed by atoms with Crippen molar-refractivity contribution in [3.8, 4) is 0 Å². The average Bonchev–Trinajstić information content (AvgIpc) is 3.86. The summed E-state index contributed by atoms with van der Waals surface area (Å²) in [7, 11) is 2.68. The van der Waals surface area contributed by atoms with Crippen LogP contribution in [0.4, 0.5) is 11.4 Å². The van der Waals surface area contributed by atoms with E-state index in [1.807, 2.05) is 12.4 Å². The maximum Gasteiger partial charge on any atom is 0.337 e. The number of esters is 2. The first kappa shape index (κ1) is 40.2. The molecule has 0 fully saturated rings. The van der Waals surface area contributed by atoms with Crippen molar-refractivity contribution in [2.24, 2.45) is 11.8 Å². The molecule has 2 aromatic heterocycles. The minimum absolute atomic E-state index is 0.0390. The second-order valence-electron chi connectivity index (χ2n) is 14.4. The first-order valence-electron chi connectivity index (χ1n) is 18.9. The highest BCUT2D eigenvalue weighted by molar-refractivity contribution is 5.97. The van der Waals surface area contributed by atoms with Crippen molar-refractivity contribution in [3.05, 3.63) is 82.4 Å². The molecule has 298 valence electrons. The van der Waals surface area contributed by atoms with Crippen LogP contribution in [0.1, 0.15) is 110 Å². The van der Waals surface area contributed by atoms with E-state index in [4.69, 9.17) is 18.9 Å². The predicted molar refractivity (Wildman–Crippen MR) is 204 cm³/mol. The van der Waals surface area contributed by atoms with E-state index in [1.54, 1.807) is 69.4 Å². The number of nitrogens with zero attached hydrogens (tertiary/aromatic N) is 8. The Hall–Kier alpha value is -5.48. The van der Waals surface area contributed by atoms with Crippen LogP contribution in [0.3, 0.4) is 0 Å². The number of anilines is 2. The second kappa shape index (κ2) is 17.1. The molecule has 4 aromatic rings. The van der Waals surface area contributed by atoms with Gasteiger partial charge in [0.1, 0.15) is 11.4 Å². The molecule has 0 N–H and O–H groups in total. The summed E-state index contributed by atoms with van der Waals surface area (Å²) >= 11 is 0. The first-order valence-corrected chi connectivity index (χ1v) is 18.9. The lowest BCUT2D eigenvalue weighted by molar-refractivity contribution is -0.118. The molecule has 2 amide bonds. The number of aromatic nitrogens is 6. The third-order valence-corrected chi connectivity index (χ3v) is 11.0. The summed E-state index contributed by atoms with van der Waals surface area (Å²) in [6.45, 7) is 12.4. The van der Waals surface area contributed by atoms with Crippen LogP contribution in [-0.2, 0) is 41.8 Å². The van der Waals surface area contributed by atoms with Crippen LogP contribution in [0.2, 0.25) is 0 Å². The highest BCUT2D eigenvalue weighted by Crippen LogP contribution is 2.45. The minimum Gasteiger partial charge on any atom is -0.465 e. The molecule has 16 heteroatoms. The SMILES string of the molecule is CC[C@H]1[C@@H](C)C(n2cc(COCCOCc3cn(C4c5cc(C(=O)OC)ccc5N(C(C)=O)[C@@H](CC)[C@H]4C)nn3)nn2)c2cc(C(=O)OC)ccc2N1C(C)=O. The first-order chi connectivity index (χ1) is 26.9. The number of amides is 2. The summed E-state index contributed by atoms with van der Waals surface area (Å²) in [5, 5.41) is 17.6. The Labute approximate surface area is 326 Å². The monoisotopic (exact) mass is 770 g/mol. The van der Waals surface area contributed by atoms with Gasteiger partial charge in [0.25, 0.3) is 0 Å². The molecule has 2 aromatic carbocycles. The number of fused-ring (bicyclic) bond motifs is 2. The van der Waals surface area contributed by atoms with Crippen molar-refractivity contribution in [2.75, 3.05) is 37.2 Å². The van der Waals surface area contributed by atoms with Gasteiger partial charge in [0, 0.05) is 60.3 Å². The third-order valence-electron chi connectivity index (χ3n) is 11.0. The summed E-state index contributed by atoms with van der Waals surface area (Å²) in [4.78, 5) is 54.2. The number of rotatable bonds is 13. The van der Waals surface area contributed by atoms with Gasteiger partial charge in [0.05, 0.1) is 76.3 Å². The van der Waals surface area contributed by atoms with Crippen LogP contribution in [0.25, 0.3) is 0 Å². The lowest BCUT2D eigenvalue weighted by atomic mass is 9.80. The topological polar surface area (TPSA) is 173 Å². The Kier molecular flexibility index (Phi) is 12.3. The fourth-order valence-electron chi connectivity index (χ4n) is 8.51. The smallest absolute Gasteiger partial charge is 0.337 e. The largest absolute Gasteiger partial charge is 0.465 e. The Morgan fingerprint density at radius 3 is 1.38 bits per heavy atom. The van der Waals surface area contributed by atoms with Crippen molar-refractivity contribution < 1.29 is 38.1 Å². The van der Waals surface area contributed by atoms with Crippen molar-refractivity contribution in [2.45, 2.75) is 91.8 Å². The summed E-state index contributed by atoms with van der Waals surface area (Å²) in [6.07, 6.45) is 5.15. The molecule has 6 atom stereocenters. The Morgan fingerprint density at radius 2 is 1.04 bits per heavy atom. The maximum absolute atomic E-state index is 12.8.